The van der Waals surface area contributed by atoms with Gasteiger partial charge in [-0.05, 0) is 56.0 Å². The minimum Gasteiger partial charge on any atom is -0.392 e. The Morgan fingerprint density at radius 1 is 1.21 bits per heavy atom. The Bertz CT molecular complexity index is 518. The highest BCUT2D eigenvalue weighted by Gasteiger charge is 2.35. The summed E-state index contributed by atoms with van der Waals surface area (Å²) in [5, 5.41) is 13.4. The van der Waals surface area contributed by atoms with Crippen molar-refractivity contribution in [1.29, 1.82) is 0 Å². The molecule has 136 valence electrons. The number of piperidine rings is 1. The average molecular weight is 365 g/mol. The molecule has 1 aromatic rings. The van der Waals surface area contributed by atoms with E-state index in [1.165, 1.54) is 6.42 Å². The van der Waals surface area contributed by atoms with Crippen molar-refractivity contribution >= 4 is 12.4 Å². The fraction of sp³-hybridized carbons (Fsp3) is 0.647. The molecular formula is C17H24ClF3N2O. The van der Waals surface area contributed by atoms with Crippen molar-refractivity contribution in [2.75, 3.05) is 26.2 Å². The maximum absolute atomic E-state index is 12.7. The molecule has 24 heavy (non-hydrogen) atoms. The van der Waals surface area contributed by atoms with E-state index < -0.39 is 17.8 Å². The Morgan fingerprint density at radius 2 is 1.92 bits per heavy atom. The summed E-state index contributed by atoms with van der Waals surface area (Å²) in [7, 11) is 0. The van der Waals surface area contributed by atoms with Crippen LogP contribution in [0.15, 0.2) is 24.3 Å². The topological polar surface area (TPSA) is 35.5 Å². The third-order valence-corrected chi connectivity index (χ3v) is 4.90. The Hall–Kier alpha value is -0.820. The van der Waals surface area contributed by atoms with Crippen LogP contribution in [0.5, 0.6) is 0 Å². The van der Waals surface area contributed by atoms with Crippen LogP contribution in [-0.2, 0) is 6.18 Å². The van der Waals surface area contributed by atoms with E-state index >= 15 is 0 Å². The van der Waals surface area contributed by atoms with E-state index in [0.717, 1.165) is 43.8 Å². The molecule has 1 aromatic carbocycles. The Labute approximate surface area is 146 Å². The summed E-state index contributed by atoms with van der Waals surface area (Å²) in [5.74, 6) is 0.547. The summed E-state index contributed by atoms with van der Waals surface area (Å²) in [6, 6.07) is 5.39. The number of hydrogen-bond donors (Lipinski definition) is 2. The first-order valence-corrected chi connectivity index (χ1v) is 8.23. The number of alkyl halides is 3. The first kappa shape index (κ1) is 19.5. The summed E-state index contributed by atoms with van der Waals surface area (Å²) in [5.41, 5.74) is 0.237. The van der Waals surface area contributed by atoms with Gasteiger partial charge in [-0.15, -0.1) is 12.4 Å². The second-order valence-corrected chi connectivity index (χ2v) is 6.69. The summed E-state index contributed by atoms with van der Waals surface area (Å²) >= 11 is 0. The van der Waals surface area contributed by atoms with Crippen LogP contribution in [0.1, 0.15) is 36.4 Å². The SMILES string of the molecule is Cl.OC1CC(c2ccc(C(F)(F)F)cc2)N(CC2CCCNC2)C1. The molecule has 0 spiro atoms. The van der Waals surface area contributed by atoms with Gasteiger partial charge in [-0.3, -0.25) is 4.90 Å². The molecule has 0 saturated carbocycles. The van der Waals surface area contributed by atoms with Crippen molar-refractivity contribution in [2.24, 2.45) is 5.92 Å². The average Bonchev–Trinajstić information content (AvgIpc) is 2.88. The molecule has 2 saturated heterocycles. The van der Waals surface area contributed by atoms with Gasteiger partial charge in [0.25, 0.3) is 0 Å². The molecule has 2 aliphatic rings. The van der Waals surface area contributed by atoms with Crippen LogP contribution in [0, 0.1) is 5.92 Å². The highest BCUT2D eigenvalue weighted by atomic mass is 35.5. The molecule has 3 nitrogen and oxygen atoms in total. The third kappa shape index (κ3) is 4.63. The maximum Gasteiger partial charge on any atom is 0.416 e. The molecule has 7 heteroatoms. The van der Waals surface area contributed by atoms with E-state index in [1.807, 2.05) is 0 Å². The molecular weight excluding hydrogens is 341 g/mol. The molecule has 2 fully saturated rings. The van der Waals surface area contributed by atoms with Gasteiger partial charge in [0.15, 0.2) is 0 Å². The van der Waals surface area contributed by atoms with E-state index in [-0.39, 0.29) is 18.4 Å². The predicted octanol–water partition coefficient (Wildman–Crippen LogP) is 3.23. The molecule has 3 rings (SSSR count). The zero-order valence-electron chi connectivity index (χ0n) is 13.4. The molecule has 3 atom stereocenters. The van der Waals surface area contributed by atoms with Gasteiger partial charge in [-0.1, -0.05) is 12.1 Å². The number of halogens is 4. The van der Waals surface area contributed by atoms with Crippen LogP contribution in [-0.4, -0.2) is 42.3 Å². The van der Waals surface area contributed by atoms with Crippen LogP contribution >= 0.6 is 12.4 Å². The first-order chi connectivity index (χ1) is 10.9. The van der Waals surface area contributed by atoms with Gasteiger partial charge in [0.1, 0.15) is 0 Å². The lowest BCUT2D eigenvalue weighted by Crippen LogP contribution is -2.38. The van der Waals surface area contributed by atoms with Crippen LogP contribution in [0.25, 0.3) is 0 Å². The minimum atomic E-state index is -4.30. The Morgan fingerprint density at radius 3 is 2.50 bits per heavy atom. The molecule has 0 aromatic heterocycles. The van der Waals surface area contributed by atoms with Crippen molar-refractivity contribution in [3.05, 3.63) is 35.4 Å². The lowest BCUT2D eigenvalue weighted by molar-refractivity contribution is -0.137. The van der Waals surface area contributed by atoms with Crippen molar-refractivity contribution in [3.63, 3.8) is 0 Å². The molecule has 0 aliphatic carbocycles. The lowest BCUT2D eigenvalue weighted by Gasteiger charge is -2.31. The quantitative estimate of drug-likeness (QED) is 0.864. The molecule has 0 bridgehead atoms. The smallest absolute Gasteiger partial charge is 0.392 e. The number of benzene rings is 1. The molecule has 0 radical (unpaired) electrons. The lowest BCUT2D eigenvalue weighted by atomic mass is 9.97. The van der Waals surface area contributed by atoms with Crippen LogP contribution in [0.4, 0.5) is 13.2 Å². The number of rotatable bonds is 3. The first-order valence-electron chi connectivity index (χ1n) is 8.23. The van der Waals surface area contributed by atoms with Gasteiger partial charge < -0.3 is 10.4 Å². The van der Waals surface area contributed by atoms with E-state index in [1.54, 1.807) is 12.1 Å². The Kier molecular flexibility index (Phi) is 6.53. The zero-order valence-corrected chi connectivity index (χ0v) is 14.2. The molecule has 2 aliphatic heterocycles. The van der Waals surface area contributed by atoms with Gasteiger partial charge in [0.2, 0.25) is 0 Å². The summed E-state index contributed by atoms with van der Waals surface area (Å²) < 4.78 is 38.1. The van der Waals surface area contributed by atoms with E-state index in [2.05, 4.69) is 10.2 Å². The number of β-amino-alcohol motifs (C(OH)–C–C–N with tert-alkyl or cyclic N) is 1. The normalized spacial score (nSPS) is 28.6. The number of hydrogen-bond acceptors (Lipinski definition) is 3. The molecule has 3 unspecified atom stereocenters. The number of likely N-dealkylation sites (tertiary alicyclic amines) is 1. The second-order valence-electron chi connectivity index (χ2n) is 6.69. The van der Waals surface area contributed by atoms with Crippen LogP contribution in [0.2, 0.25) is 0 Å². The van der Waals surface area contributed by atoms with Crippen LogP contribution < -0.4 is 5.32 Å². The predicted molar refractivity (Wildman–Crippen MR) is 89.2 cm³/mol. The van der Waals surface area contributed by atoms with E-state index in [0.29, 0.717) is 18.9 Å². The van der Waals surface area contributed by atoms with Gasteiger partial charge >= 0.3 is 6.18 Å². The fourth-order valence-electron chi connectivity index (χ4n) is 3.73. The van der Waals surface area contributed by atoms with Crippen molar-refractivity contribution in [2.45, 2.75) is 37.6 Å². The largest absolute Gasteiger partial charge is 0.416 e. The van der Waals surface area contributed by atoms with Crippen molar-refractivity contribution in [3.8, 4) is 0 Å². The molecule has 2 N–H and O–H groups in total. The highest BCUT2D eigenvalue weighted by Crippen LogP contribution is 2.35. The number of nitrogens with one attached hydrogen (secondary N) is 1. The maximum atomic E-state index is 12.7. The monoisotopic (exact) mass is 364 g/mol. The zero-order chi connectivity index (χ0) is 16.4. The number of aliphatic hydroxyl groups excluding tert-OH is 1. The van der Waals surface area contributed by atoms with Crippen molar-refractivity contribution < 1.29 is 18.3 Å². The molecule has 2 heterocycles. The van der Waals surface area contributed by atoms with Gasteiger partial charge in [-0.2, -0.15) is 13.2 Å². The fourth-order valence-corrected chi connectivity index (χ4v) is 3.73. The third-order valence-electron chi connectivity index (χ3n) is 4.90. The van der Waals surface area contributed by atoms with Crippen molar-refractivity contribution in [1.82, 2.24) is 10.2 Å². The van der Waals surface area contributed by atoms with Gasteiger partial charge in [0.05, 0.1) is 11.7 Å². The number of nitrogens with zero attached hydrogens (tertiary/aromatic N) is 1. The highest BCUT2D eigenvalue weighted by molar-refractivity contribution is 5.85. The number of aliphatic hydroxyl groups is 1. The van der Waals surface area contributed by atoms with E-state index in [9.17, 15) is 18.3 Å². The minimum absolute atomic E-state index is 0. The van der Waals surface area contributed by atoms with E-state index in [4.69, 9.17) is 0 Å². The van der Waals surface area contributed by atoms with Crippen LogP contribution in [0.3, 0.4) is 0 Å². The van der Waals surface area contributed by atoms with Gasteiger partial charge in [-0.25, -0.2) is 0 Å². The summed E-state index contributed by atoms with van der Waals surface area (Å²) in [4.78, 5) is 2.23. The van der Waals surface area contributed by atoms with Gasteiger partial charge in [0, 0.05) is 19.1 Å². The summed E-state index contributed by atoms with van der Waals surface area (Å²) in [6.07, 6.45) is -1.79. The summed E-state index contributed by atoms with van der Waals surface area (Å²) in [6.45, 7) is 3.52. The molecule has 0 amide bonds. The second kappa shape index (κ2) is 8.04. The standard InChI is InChI=1S/C17H23F3N2O.ClH/c18-17(19,20)14-5-3-13(4-6-14)16-8-15(23)11-22(16)10-12-2-1-7-21-9-12;/h3-6,12,15-16,21,23H,1-2,7-11H2;1H. The Balaban J connectivity index is 0.00000208.